The minimum Gasteiger partial charge on any atom is -0.481 e. The Labute approximate surface area is 115 Å². The molecule has 0 bridgehead atoms. The van der Waals surface area contributed by atoms with E-state index in [4.69, 9.17) is 0 Å². The molecule has 1 fully saturated rings. The van der Waals surface area contributed by atoms with E-state index in [1.807, 2.05) is 0 Å². The lowest BCUT2D eigenvalue weighted by Crippen LogP contribution is -2.38. The Morgan fingerprint density at radius 3 is 2.32 bits per heavy atom. The standard InChI is InChI=1S/C16H23NO2/c1-11(2)12-5-7-14(8-6-12)17-10-13(15(18)19)9-16(17,3)4/h5-8,11,13H,9-10H2,1-4H3,(H,18,19). The number of hydrogen-bond acceptors (Lipinski definition) is 2. The molecule has 3 nitrogen and oxygen atoms in total. The number of rotatable bonds is 3. The van der Waals surface area contributed by atoms with Crippen LogP contribution in [0.2, 0.25) is 0 Å². The molecule has 1 aromatic rings. The van der Waals surface area contributed by atoms with Crippen LogP contribution in [-0.4, -0.2) is 23.2 Å². The Bertz CT molecular complexity index is 462. The molecule has 1 heterocycles. The van der Waals surface area contributed by atoms with Gasteiger partial charge in [0.05, 0.1) is 5.92 Å². The molecule has 0 aliphatic carbocycles. The van der Waals surface area contributed by atoms with Gasteiger partial charge in [-0.15, -0.1) is 0 Å². The first kappa shape index (κ1) is 13.9. The topological polar surface area (TPSA) is 40.5 Å². The highest BCUT2D eigenvalue weighted by Gasteiger charge is 2.41. The summed E-state index contributed by atoms with van der Waals surface area (Å²) in [6, 6.07) is 8.51. The Morgan fingerprint density at radius 2 is 1.89 bits per heavy atom. The molecule has 0 saturated carbocycles. The highest BCUT2D eigenvalue weighted by Crippen LogP contribution is 2.37. The molecule has 1 atom stereocenters. The summed E-state index contributed by atoms with van der Waals surface area (Å²) >= 11 is 0. The van der Waals surface area contributed by atoms with Crippen molar-refractivity contribution >= 4 is 11.7 Å². The summed E-state index contributed by atoms with van der Waals surface area (Å²) in [5.74, 6) is -0.429. The van der Waals surface area contributed by atoms with E-state index in [-0.39, 0.29) is 11.5 Å². The molecule has 0 amide bonds. The molecular weight excluding hydrogens is 238 g/mol. The molecule has 19 heavy (non-hydrogen) atoms. The van der Waals surface area contributed by atoms with E-state index in [1.54, 1.807) is 0 Å². The van der Waals surface area contributed by atoms with Gasteiger partial charge in [-0.2, -0.15) is 0 Å². The number of carboxylic acids is 1. The molecule has 104 valence electrons. The largest absolute Gasteiger partial charge is 0.481 e. The predicted molar refractivity (Wildman–Crippen MR) is 77.7 cm³/mol. The van der Waals surface area contributed by atoms with Gasteiger partial charge in [0.1, 0.15) is 0 Å². The molecule has 1 N–H and O–H groups in total. The monoisotopic (exact) mass is 261 g/mol. The van der Waals surface area contributed by atoms with Crippen LogP contribution in [0, 0.1) is 5.92 Å². The van der Waals surface area contributed by atoms with Crippen molar-refractivity contribution in [3.05, 3.63) is 29.8 Å². The van der Waals surface area contributed by atoms with Crippen molar-refractivity contribution in [2.45, 2.75) is 45.6 Å². The summed E-state index contributed by atoms with van der Waals surface area (Å²) in [7, 11) is 0. The van der Waals surface area contributed by atoms with Gasteiger partial charge in [-0.25, -0.2) is 0 Å². The first-order valence-electron chi connectivity index (χ1n) is 6.91. The molecule has 0 spiro atoms. The van der Waals surface area contributed by atoms with Gasteiger partial charge < -0.3 is 10.0 Å². The number of anilines is 1. The lowest BCUT2D eigenvalue weighted by molar-refractivity contribution is -0.141. The molecule has 0 aromatic heterocycles. The average molecular weight is 261 g/mol. The van der Waals surface area contributed by atoms with Gasteiger partial charge >= 0.3 is 5.97 Å². The van der Waals surface area contributed by atoms with Gasteiger partial charge in [0, 0.05) is 17.8 Å². The highest BCUT2D eigenvalue weighted by molar-refractivity contribution is 5.73. The summed E-state index contributed by atoms with van der Waals surface area (Å²) in [6.45, 7) is 9.19. The van der Waals surface area contributed by atoms with Crippen LogP contribution in [0.5, 0.6) is 0 Å². The lowest BCUT2D eigenvalue weighted by atomic mass is 9.96. The Balaban J connectivity index is 2.23. The Kier molecular flexibility index (Phi) is 3.57. The summed E-state index contributed by atoms with van der Waals surface area (Å²) in [5, 5.41) is 9.20. The maximum atomic E-state index is 11.2. The maximum Gasteiger partial charge on any atom is 0.308 e. The molecule has 2 rings (SSSR count). The van der Waals surface area contributed by atoms with Crippen LogP contribution in [0.4, 0.5) is 5.69 Å². The van der Waals surface area contributed by atoms with Crippen molar-refractivity contribution in [3.63, 3.8) is 0 Å². The van der Waals surface area contributed by atoms with E-state index in [2.05, 4.69) is 56.9 Å². The van der Waals surface area contributed by atoms with Crippen molar-refractivity contribution in [1.29, 1.82) is 0 Å². The zero-order valence-electron chi connectivity index (χ0n) is 12.2. The van der Waals surface area contributed by atoms with E-state index in [0.29, 0.717) is 18.9 Å². The first-order valence-corrected chi connectivity index (χ1v) is 6.91. The smallest absolute Gasteiger partial charge is 0.308 e. The number of aliphatic carboxylic acids is 1. The van der Waals surface area contributed by atoms with Gasteiger partial charge in [0.15, 0.2) is 0 Å². The maximum absolute atomic E-state index is 11.2. The second-order valence-electron chi connectivity index (χ2n) is 6.41. The third-order valence-corrected chi connectivity index (χ3v) is 4.10. The van der Waals surface area contributed by atoms with Crippen LogP contribution in [0.15, 0.2) is 24.3 Å². The molecule has 1 aliphatic rings. The molecule has 0 radical (unpaired) electrons. The van der Waals surface area contributed by atoms with E-state index in [1.165, 1.54) is 5.56 Å². The molecule has 1 aliphatic heterocycles. The number of hydrogen-bond donors (Lipinski definition) is 1. The SMILES string of the molecule is CC(C)c1ccc(N2CC(C(=O)O)CC2(C)C)cc1. The van der Waals surface area contributed by atoms with Crippen molar-refractivity contribution < 1.29 is 9.90 Å². The third-order valence-electron chi connectivity index (χ3n) is 4.10. The Hall–Kier alpha value is -1.51. The van der Waals surface area contributed by atoms with E-state index in [0.717, 1.165) is 5.69 Å². The molecule has 1 aromatic carbocycles. The summed E-state index contributed by atoms with van der Waals surface area (Å²) < 4.78 is 0. The molecule has 1 unspecified atom stereocenters. The highest BCUT2D eigenvalue weighted by atomic mass is 16.4. The van der Waals surface area contributed by atoms with E-state index in [9.17, 15) is 9.90 Å². The van der Waals surface area contributed by atoms with Crippen LogP contribution in [0.3, 0.4) is 0 Å². The van der Waals surface area contributed by atoms with Crippen molar-refractivity contribution in [3.8, 4) is 0 Å². The van der Waals surface area contributed by atoms with Gasteiger partial charge in [0.2, 0.25) is 0 Å². The average Bonchev–Trinajstić information content (AvgIpc) is 2.65. The van der Waals surface area contributed by atoms with Crippen LogP contribution in [0.25, 0.3) is 0 Å². The first-order chi connectivity index (χ1) is 8.81. The van der Waals surface area contributed by atoms with Crippen LogP contribution in [-0.2, 0) is 4.79 Å². The van der Waals surface area contributed by atoms with Gasteiger partial charge in [-0.05, 0) is 43.9 Å². The zero-order valence-corrected chi connectivity index (χ0v) is 12.2. The fraction of sp³-hybridized carbons (Fsp3) is 0.562. The van der Waals surface area contributed by atoms with Gasteiger partial charge in [0.25, 0.3) is 0 Å². The lowest BCUT2D eigenvalue weighted by Gasteiger charge is -2.33. The van der Waals surface area contributed by atoms with E-state index >= 15 is 0 Å². The van der Waals surface area contributed by atoms with Gasteiger partial charge in [-0.3, -0.25) is 4.79 Å². The number of benzene rings is 1. The quantitative estimate of drug-likeness (QED) is 0.905. The minimum atomic E-state index is -0.686. The minimum absolute atomic E-state index is 0.0948. The molecule has 1 saturated heterocycles. The van der Waals surface area contributed by atoms with E-state index < -0.39 is 5.97 Å². The third kappa shape index (κ3) is 2.75. The second-order valence-corrected chi connectivity index (χ2v) is 6.41. The second kappa shape index (κ2) is 4.87. The number of nitrogens with zero attached hydrogens (tertiary/aromatic N) is 1. The van der Waals surface area contributed by atoms with Crippen molar-refractivity contribution in [2.24, 2.45) is 5.92 Å². The molecule has 3 heteroatoms. The summed E-state index contributed by atoms with van der Waals surface area (Å²) in [5.41, 5.74) is 2.34. The fourth-order valence-electron chi connectivity index (χ4n) is 2.90. The van der Waals surface area contributed by atoms with Crippen LogP contribution < -0.4 is 4.90 Å². The number of carboxylic acid groups (broad SMARTS) is 1. The van der Waals surface area contributed by atoms with Crippen molar-refractivity contribution in [1.82, 2.24) is 0 Å². The fourth-order valence-corrected chi connectivity index (χ4v) is 2.90. The van der Waals surface area contributed by atoms with Gasteiger partial charge in [-0.1, -0.05) is 26.0 Å². The summed E-state index contributed by atoms with van der Waals surface area (Å²) in [6.07, 6.45) is 0.703. The molecular formula is C16H23NO2. The van der Waals surface area contributed by atoms with Crippen LogP contribution >= 0.6 is 0 Å². The summed E-state index contributed by atoms with van der Waals surface area (Å²) in [4.78, 5) is 13.4. The normalized spacial score (nSPS) is 21.9. The Morgan fingerprint density at radius 1 is 1.32 bits per heavy atom. The van der Waals surface area contributed by atoms with Crippen LogP contribution in [0.1, 0.15) is 45.6 Å². The zero-order chi connectivity index (χ0) is 14.2. The van der Waals surface area contributed by atoms with Crippen molar-refractivity contribution in [2.75, 3.05) is 11.4 Å². The number of carbonyl (C=O) groups is 1. The predicted octanol–water partition coefficient (Wildman–Crippen LogP) is 3.50.